The lowest BCUT2D eigenvalue weighted by molar-refractivity contribution is 0.305. The lowest BCUT2D eigenvalue weighted by atomic mass is 10.1. The number of hydrogen-bond acceptors (Lipinski definition) is 6. The highest BCUT2D eigenvalue weighted by Crippen LogP contribution is 2.31. The van der Waals surface area contributed by atoms with Gasteiger partial charge in [-0.1, -0.05) is 0 Å². The molecule has 0 saturated heterocycles. The van der Waals surface area contributed by atoms with E-state index in [9.17, 15) is 8.42 Å². The van der Waals surface area contributed by atoms with Crippen LogP contribution in [0.4, 0.5) is 4.39 Å². The van der Waals surface area contributed by atoms with Gasteiger partial charge in [0.25, 0.3) is 10.0 Å². The normalized spacial score (nSPS) is 11.5. The quantitative estimate of drug-likeness (QED) is 0.427. The lowest BCUT2D eigenvalue weighted by Crippen LogP contribution is -2.14. The second-order valence-corrected chi connectivity index (χ2v) is 9.41. The van der Waals surface area contributed by atoms with Crippen molar-refractivity contribution in [2.45, 2.75) is 18.0 Å². The van der Waals surface area contributed by atoms with Crippen LogP contribution in [0, 0.1) is 5.82 Å². The number of rotatable bonds is 8. The Kier molecular flexibility index (Phi) is 6.17. The van der Waals surface area contributed by atoms with Crippen LogP contribution >= 0.6 is 11.3 Å². The van der Waals surface area contributed by atoms with Gasteiger partial charge in [0.2, 0.25) is 0 Å². The maximum atomic E-state index is 15.1. The number of aromatic nitrogens is 2. The summed E-state index contributed by atoms with van der Waals surface area (Å²) in [6.07, 6.45) is 4.26. The molecule has 0 bridgehead atoms. The third-order valence-corrected chi connectivity index (χ3v) is 7.01. The van der Waals surface area contributed by atoms with Crippen molar-refractivity contribution in [3.05, 3.63) is 88.8 Å². The number of hydrogen-bond donors (Lipinski definition) is 1. The molecule has 0 spiro atoms. The van der Waals surface area contributed by atoms with E-state index in [0.29, 0.717) is 24.5 Å². The van der Waals surface area contributed by atoms with Gasteiger partial charge in [0.05, 0.1) is 5.69 Å². The van der Waals surface area contributed by atoms with Crippen molar-refractivity contribution in [1.29, 1.82) is 0 Å². The average Bonchev–Trinajstić information content (AvgIpc) is 3.44. The first-order valence-electron chi connectivity index (χ1n) is 9.44. The van der Waals surface area contributed by atoms with Gasteiger partial charge in [0, 0.05) is 36.8 Å². The molecule has 6 nitrogen and oxygen atoms in total. The predicted molar refractivity (Wildman–Crippen MR) is 118 cm³/mol. The van der Waals surface area contributed by atoms with Crippen LogP contribution in [-0.2, 0) is 23.2 Å². The highest BCUT2D eigenvalue weighted by Gasteiger charge is 2.23. The summed E-state index contributed by atoms with van der Waals surface area (Å²) < 4.78 is 48.2. The summed E-state index contributed by atoms with van der Waals surface area (Å²) in [4.78, 5) is 3.92. The molecule has 3 heterocycles. The Morgan fingerprint density at radius 2 is 2.06 bits per heavy atom. The fraction of sp³-hybridized carbons (Fsp3) is 0.136. The number of nitrogens with one attached hydrogen (secondary N) is 1. The summed E-state index contributed by atoms with van der Waals surface area (Å²) in [5.74, 6) is -0.198. The molecule has 4 rings (SSSR count). The maximum Gasteiger partial charge on any atom is 0.269 e. The molecule has 0 fully saturated rings. The summed E-state index contributed by atoms with van der Waals surface area (Å²) in [5.41, 5.74) is 2.11. The van der Waals surface area contributed by atoms with Crippen LogP contribution in [0.1, 0.15) is 11.1 Å². The van der Waals surface area contributed by atoms with E-state index in [4.69, 9.17) is 4.74 Å². The number of thiophene rings is 1. The van der Waals surface area contributed by atoms with Crippen LogP contribution in [0.2, 0.25) is 0 Å². The Morgan fingerprint density at radius 3 is 2.74 bits per heavy atom. The van der Waals surface area contributed by atoms with Gasteiger partial charge in [0.15, 0.2) is 0 Å². The highest BCUT2D eigenvalue weighted by atomic mass is 32.2. The van der Waals surface area contributed by atoms with Crippen LogP contribution in [0.3, 0.4) is 0 Å². The summed E-state index contributed by atoms with van der Waals surface area (Å²) >= 11 is 1.56. The Morgan fingerprint density at radius 1 is 1.19 bits per heavy atom. The third-order valence-electron chi connectivity index (χ3n) is 4.62. The SMILES string of the molecule is CNCc1cc(-c2ccc(OCc3ccsc3)cc2F)n(S(=O)(=O)c2cccnc2)c1. The molecule has 1 aromatic carbocycles. The van der Waals surface area contributed by atoms with Gasteiger partial charge in [-0.05, 0) is 65.3 Å². The fourth-order valence-corrected chi connectivity index (χ4v) is 5.15. The molecule has 0 amide bonds. The number of nitrogens with zero attached hydrogens (tertiary/aromatic N) is 2. The summed E-state index contributed by atoms with van der Waals surface area (Å²) in [7, 11) is -2.20. The molecule has 4 aromatic rings. The van der Waals surface area contributed by atoms with Gasteiger partial charge in [-0.15, -0.1) is 0 Å². The zero-order valence-electron chi connectivity index (χ0n) is 16.7. The molecule has 9 heteroatoms. The zero-order chi connectivity index (χ0) is 21.8. The molecule has 0 aliphatic heterocycles. The number of pyridine rings is 1. The Balaban J connectivity index is 1.72. The molecule has 160 valence electrons. The fourth-order valence-electron chi connectivity index (χ4n) is 3.14. The Labute approximate surface area is 184 Å². The number of benzene rings is 1. The maximum absolute atomic E-state index is 15.1. The van der Waals surface area contributed by atoms with Crippen LogP contribution in [0.25, 0.3) is 11.3 Å². The predicted octanol–water partition coefficient (Wildman–Crippen LogP) is 4.29. The topological polar surface area (TPSA) is 73.2 Å². The van der Waals surface area contributed by atoms with E-state index in [1.165, 1.54) is 36.8 Å². The van der Waals surface area contributed by atoms with Crippen molar-refractivity contribution in [1.82, 2.24) is 14.3 Å². The Hall–Kier alpha value is -3.01. The molecular weight excluding hydrogens is 437 g/mol. The van der Waals surface area contributed by atoms with E-state index in [0.717, 1.165) is 9.54 Å². The van der Waals surface area contributed by atoms with Crippen LogP contribution < -0.4 is 10.1 Å². The van der Waals surface area contributed by atoms with Crippen LogP contribution in [-0.4, -0.2) is 24.4 Å². The van der Waals surface area contributed by atoms with Crippen LogP contribution in [0.15, 0.2) is 76.7 Å². The minimum Gasteiger partial charge on any atom is -0.489 e. The highest BCUT2D eigenvalue weighted by molar-refractivity contribution is 7.90. The van der Waals surface area contributed by atoms with Gasteiger partial charge < -0.3 is 10.1 Å². The molecule has 31 heavy (non-hydrogen) atoms. The summed E-state index contributed by atoms with van der Waals surface area (Å²) in [6, 6.07) is 11.0. The van der Waals surface area contributed by atoms with Gasteiger partial charge in [-0.3, -0.25) is 4.98 Å². The van der Waals surface area contributed by atoms with Gasteiger partial charge in [-0.2, -0.15) is 11.3 Å². The molecule has 0 radical (unpaired) electrons. The standard InChI is InChI=1S/C22H20FN3O3S2/c1-24-11-17-9-22(26(13-17)31(27,28)19-3-2-7-25-12-19)20-5-4-18(10-21(20)23)29-14-16-6-8-30-15-16/h2-10,12-13,15,24H,11,14H2,1H3. The second kappa shape index (κ2) is 9.01. The van der Waals surface area contributed by atoms with E-state index >= 15 is 4.39 Å². The summed E-state index contributed by atoms with van der Waals surface area (Å²) in [6.45, 7) is 0.770. The first kappa shape index (κ1) is 21.2. The Bertz CT molecular complexity index is 1270. The first-order valence-corrected chi connectivity index (χ1v) is 11.8. The average molecular weight is 458 g/mol. The number of ether oxygens (including phenoxy) is 1. The molecule has 0 saturated carbocycles. The van der Waals surface area contributed by atoms with Crippen molar-refractivity contribution in [3.63, 3.8) is 0 Å². The van der Waals surface area contributed by atoms with Crippen molar-refractivity contribution >= 4 is 21.4 Å². The van der Waals surface area contributed by atoms with E-state index in [1.54, 1.807) is 36.6 Å². The molecular formula is C22H20FN3O3S2. The van der Waals surface area contributed by atoms with Crippen LogP contribution in [0.5, 0.6) is 5.75 Å². The summed E-state index contributed by atoms with van der Waals surface area (Å²) in [5, 5.41) is 6.90. The third kappa shape index (κ3) is 4.53. The van der Waals surface area contributed by atoms with E-state index in [2.05, 4.69) is 10.3 Å². The molecule has 0 atom stereocenters. The van der Waals surface area contributed by atoms with E-state index in [1.807, 2.05) is 16.8 Å². The molecule has 0 aliphatic rings. The number of halogens is 1. The zero-order valence-corrected chi connectivity index (χ0v) is 18.3. The van der Waals surface area contributed by atoms with Gasteiger partial charge in [-0.25, -0.2) is 16.8 Å². The smallest absolute Gasteiger partial charge is 0.269 e. The van der Waals surface area contributed by atoms with Crippen molar-refractivity contribution in [2.24, 2.45) is 0 Å². The van der Waals surface area contributed by atoms with Crippen molar-refractivity contribution in [3.8, 4) is 17.0 Å². The largest absolute Gasteiger partial charge is 0.489 e. The molecule has 1 N–H and O–H groups in total. The van der Waals surface area contributed by atoms with Crippen molar-refractivity contribution in [2.75, 3.05) is 7.05 Å². The monoisotopic (exact) mass is 457 g/mol. The minimum absolute atomic E-state index is 0.0268. The molecule has 0 aliphatic carbocycles. The van der Waals surface area contributed by atoms with Gasteiger partial charge >= 0.3 is 0 Å². The molecule has 3 aromatic heterocycles. The van der Waals surface area contributed by atoms with E-state index < -0.39 is 15.8 Å². The minimum atomic E-state index is -3.95. The van der Waals surface area contributed by atoms with Crippen molar-refractivity contribution < 1.29 is 17.5 Å². The first-order chi connectivity index (χ1) is 15.0. The van der Waals surface area contributed by atoms with E-state index in [-0.39, 0.29) is 16.2 Å². The molecule has 0 unspecified atom stereocenters. The second-order valence-electron chi connectivity index (χ2n) is 6.82. The van der Waals surface area contributed by atoms with Gasteiger partial charge in [0.1, 0.15) is 23.1 Å². The lowest BCUT2D eigenvalue weighted by Gasteiger charge is -2.12.